The minimum absolute atomic E-state index is 0.0836. The van der Waals surface area contributed by atoms with Crippen molar-refractivity contribution < 1.29 is 0 Å². The van der Waals surface area contributed by atoms with Crippen molar-refractivity contribution in [1.82, 2.24) is 10.2 Å². The van der Waals surface area contributed by atoms with Gasteiger partial charge in [0.1, 0.15) is 0 Å². The molecule has 108 valence electrons. The fourth-order valence-electron chi connectivity index (χ4n) is 1.74. The van der Waals surface area contributed by atoms with Gasteiger partial charge in [0.25, 0.3) is 0 Å². The van der Waals surface area contributed by atoms with Crippen LogP contribution in [0.4, 0.5) is 0 Å². The third-order valence-electron chi connectivity index (χ3n) is 2.86. The highest BCUT2D eigenvalue weighted by atomic mass is 79.9. The second-order valence-electron chi connectivity index (χ2n) is 4.17. The van der Waals surface area contributed by atoms with E-state index in [1.54, 1.807) is 34.9 Å². The van der Waals surface area contributed by atoms with Gasteiger partial charge in [0, 0.05) is 10.5 Å². The Morgan fingerprint density at radius 3 is 2.60 bits per heavy atom. The van der Waals surface area contributed by atoms with Crippen molar-refractivity contribution in [2.24, 2.45) is 5.73 Å². The second kappa shape index (κ2) is 7.79. The molecule has 0 aliphatic carbocycles. The molecule has 0 amide bonds. The summed E-state index contributed by atoms with van der Waals surface area (Å²) in [5.74, 6) is 0. The minimum Gasteiger partial charge on any atom is -0.326 e. The molecule has 0 saturated heterocycles. The van der Waals surface area contributed by atoms with Crippen LogP contribution in [0.15, 0.2) is 37.4 Å². The molecule has 1 aromatic carbocycles. The van der Waals surface area contributed by atoms with Gasteiger partial charge >= 0.3 is 0 Å². The van der Waals surface area contributed by atoms with Gasteiger partial charge in [-0.15, -0.1) is 10.2 Å². The molecule has 20 heavy (non-hydrogen) atoms. The monoisotopic (exact) mass is 389 g/mol. The maximum Gasteiger partial charge on any atom is 0.175 e. The van der Waals surface area contributed by atoms with Crippen molar-refractivity contribution >= 4 is 50.8 Å². The molecule has 1 aromatic heterocycles. The summed E-state index contributed by atoms with van der Waals surface area (Å²) >= 11 is 8.57. The Morgan fingerprint density at radius 2 is 2.00 bits per heavy atom. The lowest BCUT2D eigenvalue weighted by Crippen LogP contribution is -2.25. The molecule has 0 spiro atoms. The molecule has 0 fully saturated rings. The molecular formula is C13H16BrN3S3. The van der Waals surface area contributed by atoms with Crippen molar-refractivity contribution in [3.05, 3.63) is 34.3 Å². The van der Waals surface area contributed by atoms with Gasteiger partial charge in [0.15, 0.2) is 8.68 Å². The molecule has 2 N–H and O–H groups in total. The van der Waals surface area contributed by atoms with Crippen molar-refractivity contribution in [1.29, 1.82) is 0 Å². The number of halogens is 1. The first-order valence-electron chi connectivity index (χ1n) is 6.19. The van der Waals surface area contributed by atoms with E-state index in [9.17, 15) is 0 Å². The van der Waals surface area contributed by atoms with Crippen LogP contribution in [-0.4, -0.2) is 22.5 Å². The normalized spacial score (nSPS) is 14.2. The lowest BCUT2D eigenvalue weighted by molar-refractivity contribution is 0.632. The van der Waals surface area contributed by atoms with Crippen molar-refractivity contribution in [3.63, 3.8) is 0 Å². The SMILES string of the molecule is CCC(N)C(Sc1nnc(SC)s1)c1ccccc1Br. The Morgan fingerprint density at radius 1 is 1.30 bits per heavy atom. The van der Waals surface area contributed by atoms with Crippen LogP contribution in [0.1, 0.15) is 24.2 Å². The maximum atomic E-state index is 6.31. The fraction of sp³-hybridized carbons (Fsp3) is 0.385. The molecule has 0 aliphatic heterocycles. The molecule has 3 nitrogen and oxygen atoms in total. The van der Waals surface area contributed by atoms with Crippen LogP contribution in [-0.2, 0) is 0 Å². The molecule has 2 unspecified atom stereocenters. The fourth-order valence-corrected chi connectivity index (χ4v) is 5.33. The van der Waals surface area contributed by atoms with E-state index in [4.69, 9.17) is 5.73 Å². The predicted molar refractivity (Wildman–Crippen MR) is 92.7 cm³/mol. The molecule has 0 bridgehead atoms. The van der Waals surface area contributed by atoms with Crippen molar-refractivity contribution in [3.8, 4) is 0 Å². The van der Waals surface area contributed by atoms with E-state index in [0.717, 1.165) is 19.6 Å². The highest BCUT2D eigenvalue weighted by Crippen LogP contribution is 2.42. The third-order valence-corrected chi connectivity index (χ3v) is 6.96. The van der Waals surface area contributed by atoms with Crippen LogP contribution >= 0.6 is 50.8 Å². The number of aromatic nitrogens is 2. The Balaban J connectivity index is 2.26. The lowest BCUT2D eigenvalue weighted by atomic mass is 10.0. The van der Waals surface area contributed by atoms with E-state index >= 15 is 0 Å². The zero-order valence-corrected chi connectivity index (χ0v) is 15.3. The summed E-state index contributed by atoms with van der Waals surface area (Å²) in [7, 11) is 0. The molecule has 1 heterocycles. The highest BCUT2D eigenvalue weighted by molar-refractivity contribution is 9.10. The average Bonchev–Trinajstić information content (AvgIpc) is 2.92. The van der Waals surface area contributed by atoms with Gasteiger partial charge in [-0.05, 0) is 24.3 Å². The summed E-state index contributed by atoms with van der Waals surface area (Å²) in [6.45, 7) is 2.11. The maximum absolute atomic E-state index is 6.31. The minimum atomic E-state index is 0.0836. The standard InChI is InChI=1S/C13H16BrN3S3/c1-3-10(15)11(8-6-4-5-7-9(8)14)19-13-17-16-12(18-2)20-13/h4-7,10-11H,3,15H2,1-2H3. The number of rotatable bonds is 6. The number of hydrogen-bond acceptors (Lipinski definition) is 6. The quantitative estimate of drug-likeness (QED) is 0.731. The molecule has 0 aliphatic rings. The number of benzene rings is 1. The van der Waals surface area contributed by atoms with Crippen LogP contribution < -0.4 is 5.73 Å². The first-order chi connectivity index (χ1) is 9.65. The van der Waals surface area contributed by atoms with Crippen molar-refractivity contribution in [2.45, 2.75) is 33.3 Å². The van der Waals surface area contributed by atoms with E-state index in [0.29, 0.717) is 0 Å². The van der Waals surface area contributed by atoms with E-state index in [2.05, 4.69) is 45.2 Å². The van der Waals surface area contributed by atoms with Gasteiger partial charge in [-0.1, -0.05) is 75.9 Å². The topological polar surface area (TPSA) is 51.8 Å². The third kappa shape index (κ3) is 3.98. The summed E-state index contributed by atoms with van der Waals surface area (Å²) < 4.78 is 3.05. The summed E-state index contributed by atoms with van der Waals surface area (Å²) in [6.07, 6.45) is 2.94. The van der Waals surface area contributed by atoms with Gasteiger partial charge in [0.05, 0.1) is 5.25 Å². The summed E-state index contributed by atoms with van der Waals surface area (Å²) in [5.41, 5.74) is 7.53. The van der Waals surface area contributed by atoms with Gasteiger partial charge < -0.3 is 5.73 Å². The van der Waals surface area contributed by atoms with E-state index in [1.165, 1.54) is 5.56 Å². The predicted octanol–water partition coefficient (Wildman–Crippen LogP) is 4.59. The number of nitrogens with zero attached hydrogens (tertiary/aromatic N) is 2. The zero-order valence-electron chi connectivity index (χ0n) is 11.2. The average molecular weight is 390 g/mol. The molecule has 2 rings (SSSR count). The lowest BCUT2D eigenvalue weighted by Gasteiger charge is -2.22. The summed E-state index contributed by atoms with van der Waals surface area (Å²) in [5, 5.41) is 8.56. The smallest absolute Gasteiger partial charge is 0.175 e. The first kappa shape index (κ1) is 16.3. The Hall–Kier alpha value is -0.0800. The Labute approximate surface area is 140 Å². The van der Waals surface area contributed by atoms with Gasteiger partial charge in [-0.25, -0.2) is 0 Å². The zero-order chi connectivity index (χ0) is 14.5. The second-order valence-corrected chi connectivity index (χ2v) is 8.44. The van der Waals surface area contributed by atoms with E-state index in [1.807, 2.05) is 18.4 Å². The first-order valence-corrected chi connectivity index (χ1v) is 9.91. The van der Waals surface area contributed by atoms with Crippen LogP contribution in [0.3, 0.4) is 0 Å². The Kier molecular flexibility index (Phi) is 6.35. The number of thioether (sulfide) groups is 2. The van der Waals surface area contributed by atoms with Gasteiger partial charge in [-0.2, -0.15) is 0 Å². The highest BCUT2D eigenvalue weighted by Gasteiger charge is 2.23. The van der Waals surface area contributed by atoms with Crippen LogP contribution in [0.25, 0.3) is 0 Å². The largest absolute Gasteiger partial charge is 0.326 e. The molecule has 7 heteroatoms. The van der Waals surface area contributed by atoms with Gasteiger partial charge in [-0.3, -0.25) is 0 Å². The van der Waals surface area contributed by atoms with Crippen LogP contribution in [0.2, 0.25) is 0 Å². The van der Waals surface area contributed by atoms with Crippen LogP contribution in [0.5, 0.6) is 0 Å². The summed E-state index contributed by atoms with van der Waals surface area (Å²) in [4.78, 5) is 0. The van der Waals surface area contributed by atoms with Crippen LogP contribution in [0, 0.1) is 0 Å². The molecule has 0 radical (unpaired) electrons. The molecule has 0 saturated carbocycles. The molecular weight excluding hydrogens is 374 g/mol. The molecule has 2 atom stereocenters. The number of nitrogens with two attached hydrogens (primary N) is 1. The van der Waals surface area contributed by atoms with E-state index in [-0.39, 0.29) is 11.3 Å². The van der Waals surface area contributed by atoms with E-state index < -0.39 is 0 Å². The Bertz CT molecular complexity index is 561. The number of hydrogen-bond donors (Lipinski definition) is 1. The van der Waals surface area contributed by atoms with Gasteiger partial charge in [0.2, 0.25) is 0 Å². The summed E-state index contributed by atoms with van der Waals surface area (Å²) in [6, 6.07) is 8.32. The van der Waals surface area contributed by atoms with Crippen molar-refractivity contribution in [2.75, 3.05) is 6.26 Å². The molecule has 2 aromatic rings.